The number of rotatable bonds is 7. The van der Waals surface area contributed by atoms with Crippen molar-refractivity contribution >= 4 is 22.8 Å². The number of benzene rings is 1. The monoisotopic (exact) mass is 393 g/mol. The lowest BCUT2D eigenvalue weighted by Gasteiger charge is -2.26. The molecule has 6 nitrogen and oxygen atoms in total. The predicted molar refractivity (Wildman–Crippen MR) is 115 cm³/mol. The number of morpholine rings is 1. The first-order chi connectivity index (χ1) is 14.2. The fourth-order valence-corrected chi connectivity index (χ4v) is 3.69. The molecule has 29 heavy (non-hydrogen) atoms. The number of carbonyl (C=O) groups is 1. The number of nitrogens with zero attached hydrogens (tertiary/aromatic N) is 3. The van der Waals surface area contributed by atoms with Crippen LogP contribution in [0.1, 0.15) is 16.8 Å². The largest absolute Gasteiger partial charge is 0.497 e. The van der Waals surface area contributed by atoms with E-state index in [1.807, 2.05) is 49.6 Å². The van der Waals surface area contributed by atoms with Crippen molar-refractivity contribution in [1.82, 2.24) is 9.30 Å². The van der Waals surface area contributed by atoms with Crippen LogP contribution in [-0.4, -0.2) is 62.1 Å². The second-order valence-corrected chi connectivity index (χ2v) is 7.29. The minimum Gasteiger partial charge on any atom is -0.497 e. The molecule has 4 rings (SSSR count). The van der Waals surface area contributed by atoms with Crippen molar-refractivity contribution < 1.29 is 14.3 Å². The number of hydrogen-bond acceptors (Lipinski definition) is 5. The number of methoxy groups -OCH3 is 1. The van der Waals surface area contributed by atoms with E-state index in [9.17, 15) is 4.79 Å². The zero-order valence-electron chi connectivity index (χ0n) is 17.0. The minimum atomic E-state index is 0.171. The van der Waals surface area contributed by atoms with E-state index in [4.69, 9.17) is 9.47 Å². The molecule has 1 fully saturated rings. The summed E-state index contributed by atoms with van der Waals surface area (Å²) in [4.78, 5) is 17.2. The number of fused-ring (bicyclic) bond motifs is 1. The number of anilines is 2. The molecule has 0 bridgehead atoms. The van der Waals surface area contributed by atoms with Gasteiger partial charge in [0.1, 0.15) is 11.6 Å². The fraction of sp³-hybridized carbons (Fsp3) is 0.348. The van der Waals surface area contributed by atoms with E-state index in [0.717, 1.165) is 61.2 Å². The van der Waals surface area contributed by atoms with Gasteiger partial charge in [0.05, 0.1) is 20.3 Å². The normalized spacial score (nSPS) is 14.8. The third kappa shape index (κ3) is 4.28. The van der Waals surface area contributed by atoms with Crippen LogP contribution in [-0.2, 0) is 4.74 Å². The van der Waals surface area contributed by atoms with Crippen LogP contribution in [0, 0.1) is 0 Å². The molecule has 0 unspecified atom stereocenters. The van der Waals surface area contributed by atoms with Crippen LogP contribution >= 0.6 is 0 Å². The summed E-state index contributed by atoms with van der Waals surface area (Å²) >= 11 is 0. The van der Waals surface area contributed by atoms with Gasteiger partial charge in [-0.15, -0.1) is 0 Å². The van der Waals surface area contributed by atoms with Gasteiger partial charge < -0.3 is 18.8 Å². The zero-order valence-corrected chi connectivity index (χ0v) is 17.0. The van der Waals surface area contributed by atoms with Crippen LogP contribution in [0.15, 0.2) is 54.7 Å². The number of aromatic nitrogens is 1. The molecule has 2 aromatic heterocycles. The molecule has 1 saturated heterocycles. The summed E-state index contributed by atoms with van der Waals surface area (Å²) in [5, 5.41) is 0. The van der Waals surface area contributed by atoms with E-state index in [0.29, 0.717) is 6.42 Å². The van der Waals surface area contributed by atoms with Gasteiger partial charge in [-0.05, 0) is 48.5 Å². The Morgan fingerprint density at radius 3 is 2.52 bits per heavy atom. The van der Waals surface area contributed by atoms with E-state index in [-0.39, 0.29) is 5.78 Å². The van der Waals surface area contributed by atoms with Crippen molar-refractivity contribution in [2.45, 2.75) is 6.42 Å². The maximum Gasteiger partial charge on any atom is 0.165 e. The van der Waals surface area contributed by atoms with Crippen LogP contribution < -0.4 is 9.64 Å². The van der Waals surface area contributed by atoms with Crippen molar-refractivity contribution in [3.05, 3.63) is 60.3 Å². The molecule has 152 valence electrons. The topological polar surface area (TPSA) is 46.4 Å². The van der Waals surface area contributed by atoms with Gasteiger partial charge >= 0.3 is 0 Å². The molecule has 0 N–H and O–H groups in total. The van der Waals surface area contributed by atoms with Crippen LogP contribution in [0.5, 0.6) is 5.75 Å². The highest BCUT2D eigenvalue weighted by atomic mass is 16.5. The van der Waals surface area contributed by atoms with Gasteiger partial charge in [-0.3, -0.25) is 9.69 Å². The third-order valence-electron chi connectivity index (χ3n) is 5.51. The number of Topliss-reactive ketones (excluding diaryl/α,β-unsaturated/α-hetero) is 1. The van der Waals surface area contributed by atoms with E-state index in [2.05, 4.69) is 26.3 Å². The molecule has 1 aromatic carbocycles. The van der Waals surface area contributed by atoms with Gasteiger partial charge in [-0.2, -0.15) is 0 Å². The molecule has 0 atom stereocenters. The second kappa shape index (κ2) is 8.68. The first-order valence-electron chi connectivity index (χ1n) is 9.98. The van der Waals surface area contributed by atoms with E-state index in [1.165, 1.54) is 0 Å². The molecule has 6 heteroatoms. The van der Waals surface area contributed by atoms with Gasteiger partial charge in [-0.1, -0.05) is 0 Å². The van der Waals surface area contributed by atoms with E-state index in [1.54, 1.807) is 7.11 Å². The maximum absolute atomic E-state index is 12.8. The Labute approximate surface area is 171 Å². The molecule has 0 saturated carbocycles. The first-order valence-corrected chi connectivity index (χ1v) is 9.98. The smallest absolute Gasteiger partial charge is 0.165 e. The van der Waals surface area contributed by atoms with Crippen LogP contribution in [0.3, 0.4) is 0 Å². The number of ketones is 1. The highest BCUT2D eigenvalue weighted by Gasteiger charge is 2.15. The first kappa shape index (κ1) is 19.5. The summed E-state index contributed by atoms with van der Waals surface area (Å²) in [6.45, 7) is 4.10. The number of carbonyl (C=O) groups excluding carboxylic acids is 1. The van der Waals surface area contributed by atoms with Crippen LogP contribution in [0.4, 0.5) is 11.5 Å². The third-order valence-corrected chi connectivity index (χ3v) is 5.51. The Bertz CT molecular complexity index is 975. The van der Waals surface area contributed by atoms with Crippen molar-refractivity contribution in [3.63, 3.8) is 0 Å². The van der Waals surface area contributed by atoms with Crippen molar-refractivity contribution in [3.8, 4) is 5.75 Å². The molecular weight excluding hydrogens is 366 g/mol. The summed E-state index contributed by atoms with van der Waals surface area (Å²) in [7, 11) is 3.69. The summed E-state index contributed by atoms with van der Waals surface area (Å²) in [5.41, 5.74) is 2.85. The Morgan fingerprint density at radius 1 is 1.07 bits per heavy atom. The Morgan fingerprint density at radius 2 is 1.79 bits per heavy atom. The average Bonchev–Trinajstić information content (AvgIpc) is 3.21. The molecule has 0 aliphatic carbocycles. The van der Waals surface area contributed by atoms with Crippen molar-refractivity contribution in [2.24, 2.45) is 0 Å². The van der Waals surface area contributed by atoms with Gasteiger partial charge in [0.15, 0.2) is 5.78 Å². The van der Waals surface area contributed by atoms with Crippen LogP contribution in [0.2, 0.25) is 0 Å². The van der Waals surface area contributed by atoms with Crippen molar-refractivity contribution in [1.29, 1.82) is 0 Å². The SMILES string of the molecule is COc1ccc(N(C)c2ccc3ccc(C(=O)CCN4CCOCC4)cn23)cc1. The lowest BCUT2D eigenvalue weighted by atomic mass is 10.1. The molecular formula is C23H27N3O3. The van der Waals surface area contributed by atoms with Gasteiger partial charge in [0.2, 0.25) is 0 Å². The zero-order chi connectivity index (χ0) is 20.2. The number of pyridine rings is 1. The van der Waals surface area contributed by atoms with E-state index < -0.39 is 0 Å². The molecule has 0 amide bonds. The lowest BCUT2D eigenvalue weighted by Crippen LogP contribution is -2.37. The fourth-order valence-electron chi connectivity index (χ4n) is 3.69. The Balaban J connectivity index is 1.52. The van der Waals surface area contributed by atoms with Crippen LogP contribution in [0.25, 0.3) is 5.52 Å². The quantitative estimate of drug-likeness (QED) is 0.574. The molecule has 3 heterocycles. The Kier molecular flexibility index (Phi) is 5.83. The second-order valence-electron chi connectivity index (χ2n) is 7.29. The molecule has 0 radical (unpaired) electrons. The number of ether oxygens (including phenoxy) is 2. The standard InChI is InChI=1S/C23H27N3O3/c1-24(19-5-8-21(28-2)9-6-19)23-10-7-20-4-3-18(17-26(20)23)22(27)11-12-25-13-15-29-16-14-25/h3-10,17H,11-16H2,1-2H3. The highest BCUT2D eigenvalue weighted by molar-refractivity contribution is 5.96. The minimum absolute atomic E-state index is 0.171. The predicted octanol–water partition coefficient (Wildman–Crippen LogP) is 3.62. The summed E-state index contributed by atoms with van der Waals surface area (Å²) in [5.74, 6) is 2.01. The summed E-state index contributed by atoms with van der Waals surface area (Å²) < 4.78 is 12.7. The molecule has 0 spiro atoms. The summed E-state index contributed by atoms with van der Waals surface area (Å²) in [6.07, 6.45) is 2.47. The lowest BCUT2D eigenvalue weighted by molar-refractivity contribution is 0.0370. The van der Waals surface area contributed by atoms with Crippen molar-refractivity contribution in [2.75, 3.05) is 51.9 Å². The summed E-state index contributed by atoms with van der Waals surface area (Å²) in [6, 6.07) is 16.0. The maximum atomic E-state index is 12.8. The van der Waals surface area contributed by atoms with Gasteiger partial charge in [0.25, 0.3) is 0 Å². The van der Waals surface area contributed by atoms with E-state index >= 15 is 0 Å². The molecule has 3 aromatic rings. The van der Waals surface area contributed by atoms with Gasteiger partial charge in [-0.25, -0.2) is 0 Å². The highest BCUT2D eigenvalue weighted by Crippen LogP contribution is 2.28. The van der Waals surface area contributed by atoms with Gasteiger partial charge in [0, 0.05) is 56.1 Å². The average molecular weight is 393 g/mol. The molecule has 1 aliphatic heterocycles. The Hall–Kier alpha value is -2.83. The number of hydrogen-bond donors (Lipinski definition) is 0. The molecule has 1 aliphatic rings.